The predicted molar refractivity (Wildman–Crippen MR) is 74.7 cm³/mol. The Morgan fingerprint density at radius 2 is 2.11 bits per heavy atom. The van der Waals surface area contributed by atoms with Crippen molar-refractivity contribution in [1.82, 2.24) is 15.0 Å². The van der Waals surface area contributed by atoms with Gasteiger partial charge in [0.25, 0.3) is 0 Å². The monoisotopic (exact) mass is 260 g/mol. The molecule has 5 N–H and O–H groups in total. The van der Waals surface area contributed by atoms with Gasteiger partial charge in [0.05, 0.1) is 6.67 Å². The summed E-state index contributed by atoms with van der Waals surface area (Å²) in [6.45, 7) is 2.12. The fourth-order valence-corrected chi connectivity index (χ4v) is 1.59. The normalized spacial score (nSPS) is 10.5. The molecule has 0 aliphatic heterocycles. The van der Waals surface area contributed by atoms with Crippen molar-refractivity contribution >= 4 is 11.6 Å². The zero-order chi connectivity index (χ0) is 14.0. The molecule has 0 fully saturated rings. The van der Waals surface area contributed by atoms with Crippen LogP contribution in [0.15, 0.2) is 23.0 Å². The standard InChI is InChI=1S/C12H16N6O/c1-7-5-8(3-4-9(7)14)10-15-11(18(2)6-13)17-12(19)16-10/h3-5H,6,13-14H2,1-2H3,(H,15,16,17,19). The maximum atomic E-state index is 11.6. The first-order valence-corrected chi connectivity index (χ1v) is 5.77. The van der Waals surface area contributed by atoms with Crippen molar-refractivity contribution in [3.8, 4) is 11.4 Å². The molecule has 0 aliphatic carbocycles. The second-order valence-corrected chi connectivity index (χ2v) is 4.25. The SMILES string of the molecule is Cc1cc(-c2nc(N(C)CN)nc(=O)[nH]2)ccc1N. The molecule has 2 aromatic rings. The lowest BCUT2D eigenvalue weighted by Gasteiger charge is -2.14. The number of anilines is 2. The second kappa shape index (κ2) is 5.07. The minimum atomic E-state index is -0.463. The first kappa shape index (κ1) is 13.0. The average Bonchev–Trinajstić information content (AvgIpc) is 2.40. The molecule has 7 nitrogen and oxygen atoms in total. The number of nitrogens with one attached hydrogen (secondary N) is 1. The van der Waals surface area contributed by atoms with Crippen LogP contribution in [0.5, 0.6) is 0 Å². The van der Waals surface area contributed by atoms with Gasteiger partial charge in [0.1, 0.15) is 5.82 Å². The van der Waals surface area contributed by atoms with Gasteiger partial charge < -0.3 is 16.4 Å². The summed E-state index contributed by atoms with van der Waals surface area (Å²) in [5.41, 5.74) is 13.2. The van der Waals surface area contributed by atoms with Crippen molar-refractivity contribution in [2.24, 2.45) is 5.73 Å². The van der Waals surface area contributed by atoms with Gasteiger partial charge in [0.15, 0.2) is 0 Å². The molecule has 19 heavy (non-hydrogen) atoms. The van der Waals surface area contributed by atoms with E-state index in [2.05, 4.69) is 15.0 Å². The molecule has 0 atom stereocenters. The van der Waals surface area contributed by atoms with E-state index in [0.29, 0.717) is 11.5 Å². The number of rotatable bonds is 3. The summed E-state index contributed by atoms with van der Waals surface area (Å²) >= 11 is 0. The number of aromatic nitrogens is 3. The Morgan fingerprint density at radius 3 is 2.74 bits per heavy atom. The van der Waals surface area contributed by atoms with Crippen molar-refractivity contribution in [2.45, 2.75) is 6.92 Å². The molecule has 0 spiro atoms. The fourth-order valence-electron chi connectivity index (χ4n) is 1.59. The van der Waals surface area contributed by atoms with Crippen molar-refractivity contribution < 1.29 is 0 Å². The molecule has 100 valence electrons. The number of aromatic amines is 1. The largest absolute Gasteiger partial charge is 0.399 e. The number of aryl methyl sites for hydroxylation is 1. The molecule has 0 bridgehead atoms. The van der Waals surface area contributed by atoms with E-state index in [9.17, 15) is 4.79 Å². The maximum Gasteiger partial charge on any atom is 0.349 e. The first-order valence-electron chi connectivity index (χ1n) is 5.77. The van der Waals surface area contributed by atoms with Crippen LogP contribution in [-0.4, -0.2) is 28.7 Å². The quantitative estimate of drug-likeness (QED) is 0.531. The van der Waals surface area contributed by atoms with E-state index in [-0.39, 0.29) is 12.6 Å². The number of nitrogens with two attached hydrogens (primary N) is 2. The number of hydrogen-bond donors (Lipinski definition) is 3. The molecular weight excluding hydrogens is 244 g/mol. The number of H-pyrrole nitrogens is 1. The molecule has 0 radical (unpaired) electrons. The Hall–Kier alpha value is -2.41. The van der Waals surface area contributed by atoms with Crippen LogP contribution in [0, 0.1) is 6.92 Å². The highest BCUT2D eigenvalue weighted by Gasteiger charge is 2.09. The van der Waals surface area contributed by atoms with Gasteiger partial charge in [-0.3, -0.25) is 4.98 Å². The van der Waals surface area contributed by atoms with Crippen molar-refractivity contribution in [3.63, 3.8) is 0 Å². The van der Waals surface area contributed by atoms with Crippen LogP contribution in [-0.2, 0) is 0 Å². The van der Waals surface area contributed by atoms with Crippen LogP contribution >= 0.6 is 0 Å². The molecule has 0 aliphatic rings. The summed E-state index contributed by atoms with van der Waals surface area (Å²) in [6, 6.07) is 5.43. The lowest BCUT2D eigenvalue weighted by atomic mass is 10.1. The topological polar surface area (TPSA) is 114 Å². The summed E-state index contributed by atoms with van der Waals surface area (Å²) in [6.07, 6.45) is 0. The van der Waals surface area contributed by atoms with Gasteiger partial charge in [-0.05, 0) is 30.7 Å². The van der Waals surface area contributed by atoms with Gasteiger partial charge >= 0.3 is 5.69 Å². The summed E-state index contributed by atoms with van der Waals surface area (Å²) in [7, 11) is 1.72. The van der Waals surface area contributed by atoms with Crippen LogP contribution in [0.1, 0.15) is 5.56 Å². The fraction of sp³-hybridized carbons (Fsp3) is 0.250. The molecule has 1 aromatic carbocycles. The van der Waals surface area contributed by atoms with E-state index in [1.54, 1.807) is 24.1 Å². The summed E-state index contributed by atoms with van der Waals surface area (Å²) < 4.78 is 0. The minimum Gasteiger partial charge on any atom is -0.399 e. The van der Waals surface area contributed by atoms with E-state index >= 15 is 0 Å². The van der Waals surface area contributed by atoms with Crippen LogP contribution < -0.4 is 22.1 Å². The van der Waals surface area contributed by atoms with E-state index in [1.807, 2.05) is 13.0 Å². The van der Waals surface area contributed by atoms with Crippen molar-refractivity contribution in [2.75, 3.05) is 24.3 Å². The number of benzene rings is 1. The van der Waals surface area contributed by atoms with Gasteiger partial charge in [-0.25, -0.2) is 4.79 Å². The highest BCUT2D eigenvalue weighted by Crippen LogP contribution is 2.20. The lowest BCUT2D eigenvalue weighted by molar-refractivity contribution is 0.851. The van der Waals surface area contributed by atoms with Crippen molar-refractivity contribution in [3.05, 3.63) is 34.2 Å². The molecule has 0 saturated heterocycles. The second-order valence-electron chi connectivity index (χ2n) is 4.25. The third-order valence-corrected chi connectivity index (χ3v) is 2.80. The van der Waals surface area contributed by atoms with Crippen LogP contribution in [0.25, 0.3) is 11.4 Å². The van der Waals surface area contributed by atoms with E-state index < -0.39 is 5.69 Å². The molecule has 1 heterocycles. The molecule has 2 rings (SSSR count). The maximum absolute atomic E-state index is 11.6. The number of nitrogens with zero attached hydrogens (tertiary/aromatic N) is 3. The molecule has 0 amide bonds. The molecule has 0 unspecified atom stereocenters. The van der Waals surface area contributed by atoms with E-state index in [0.717, 1.165) is 11.1 Å². The Labute approximate surface area is 110 Å². The van der Waals surface area contributed by atoms with Gasteiger partial charge in [-0.1, -0.05) is 0 Å². The summed E-state index contributed by atoms with van der Waals surface area (Å²) in [5, 5.41) is 0. The Morgan fingerprint density at radius 1 is 1.37 bits per heavy atom. The Balaban J connectivity index is 2.52. The van der Waals surface area contributed by atoms with Crippen LogP contribution in [0.3, 0.4) is 0 Å². The molecule has 1 aromatic heterocycles. The van der Waals surface area contributed by atoms with Gasteiger partial charge in [0.2, 0.25) is 5.95 Å². The third kappa shape index (κ3) is 2.71. The highest BCUT2D eigenvalue weighted by atomic mass is 16.1. The van der Waals surface area contributed by atoms with Crippen LogP contribution in [0.4, 0.5) is 11.6 Å². The highest BCUT2D eigenvalue weighted by molar-refractivity contribution is 5.62. The summed E-state index contributed by atoms with van der Waals surface area (Å²) in [5.74, 6) is 0.731. The van der Waals surface area contributed by atoms with Crippen molar-refractivity contribution in [1.29, 1.82) is 0 Å². The Kier molecular flexibility index (Phi) is 3.48. The molecule has 7 heteroatoms. The smallest absolute Gasteiger partial charge is 0.349 e. The predicted octanol–water partition coefficient (Wildman–Crippen LogP) is 0.0749. The van der Waals surface area contributed by atoms with E-state index in [1.165, 1.54) is 0 Å². The number of hydrogen-bond acceptors (Lipinski definition) is 6. The van der Waals surface area contributed by atoms with Gasteiger partial charge in [-0.2, -0.15) is 9.97 Å². The van der Waals surface area contributed by atoms with Crippen LogP contribution in [0.2, 0.25) is 0 Å². The third-order valence-electron chi connectivity index (χ3n) is 2.80. The first-order chi connectivity index (χ1) is 9.01. The number of nitrogen functional groups attached to an aromatic ring is 1. The zero-order valence-corrected chi connectivity index (χ0v) is 10.8. The molecule has 0 saturated carbocycles. The Bertz CT molecular complexity index is 651. The average molecular weight is 260 g/mol. The zero-order valence-electron chi connectivity index (χ0n) is 10.8. The lowest BCUT2D eigenvalue weighted by Crippen LogP contribution is -2.29. The van der Waals surface area contributed by atoms with Gasteiger partial charge in [-0.15, -0.1) is 0 Å². The van der Waals surface area contributed by atoms with Gasteiger partial charge in [0, 0.05) is 18.3 Å². The van der Waals surface area contributed by atoms with E-state index in [4.69, 9.17) is 11.5 Å². The summed E-state index contributed by atoms with van der Waals surface area (Å²) in [4.78, 5) is 23.8. The minimum absolute atomic E-state index is 0.226. The molecular formula is C12H16N6O.